The number of nitrogens with one attached hydrogen (secondary N) is 1. The highest BCUT2D eigenvalue weighted by atomic mass is 127. The molecule has 0 atom stereocenters. The predicted octanol–water partition coefficient (Wildman–Crippen LogP) is 4.12. The third kappa shape index (κ3) is 3.96. The molecule has 120 valence electrons. The van der Waals surface area contributed by atoms with E-state index in [1.165, 1.54) is 19.3 Å². The maximum Gasteiger partial charge on any atom is 0.255 e. The van der Waals surface area contributed by atoms with Gasteiger partial charge in [-0.05, 0) is 78.3 Å². The number of nitrogens with two attached hydrogens (primary N) is 1. The summed E-state index contributed by atoms with van der Waals surface area (Å²) in [6.45, 7) is 2.11. The summed E-state index contributed by atoms with van der Waals surface area (Å²) < 4.78 is 1.04. The van der Waals surface area contributed by atoms with Gasteiger partial charge in [-0.2, -0.15) is 0 Å². The van der Waals surface area contributed by atoms with E-state index in [0.717, 1.165) is 28.0 Å². The van der Waals surface area contributed by atoms with Crippen LogP contribution in [-0.4, -0.2) is 19.0 Å². The second kappa shape index (κ2) is 7.21. The van der Waals surface area contributed by atoms with Crippen molar-refractivity contribution in [1.82, 2.24) is 0 Å². The van der Waals surface area contributed by atoms with Gasteiger partial charge in [0, 0.05) is 27.9 Å². The number of nitrogens with zero attached hydrogens (tertiary/aromatic N) is 1. The van der Waals surface area contributed by atoms with Crippen LogP contribution in [0.15, 0.2) is 42.5 Å². The number of rotatable bonds is 3. The summed E-state index contributed by atoms with van der Waals surface area (Å²) in [5.74, 6) is -0.117. The van der Waals surface area contributed by atoms with E-state index in [1.807, 2.05) is 42.5 Å². The van der Waals surface area contributed by atoms with E-state index < -0.39 is 0 Å². The molecule has 1 heterocycles. The Balaban J connectivity index is 1.73. The van der Waals surface area contributed by atoms with Crippen LogP contribution >= 0.6 is 22.6 Å². The third-order valence-corrected chi connectivity index (χ3v) is 4.74. The average Bonchev–Trinajstić information content (AvgIpc) is 2.56. The summed E-state index contributed by atoms with van der Waals surface area (Å²) in [5.41, 5.74) is 9.36. The van der Waals surface area contributed by atoms with Gasteiger partial charge in [-0.25, -0.2) is 0 Å². The zero-order valence-electron chi connectivity index (χ0n) is 12.9. The highest BCUT2D eigenvalue weighted by molar-refractivity contribution is 14.1. The fourth-order valence-corrected chi connectivity index (χ4v) is 3.43. The Morgan fingerprint density at radius 1 is 1.09 bits per heavy atom. The van der Waals surface area contributed by atoms with Crippen molar-refractivity contribution in [2.75, 3.05) is 29.0 Å². The zero-order valence-corrected chi connectivity index (χ0v) is 15.0. The van der Waals surface area contributed by atoms with E-state index in [-0.39, 0.29) is 5.91 Å². The second-order valence-electron chi connectivity index (χ2n) is 5.79. The number of nitrogen functional groups attached to an aromatic ring is 1. The number of amides is 1. The van der Waals surface area contributed by atoms with Crippen LogP contribution in [0.2, 0.25) is 0 Å². The van der Waals surface area contributed by atoms with Crippen LogP contribution < -0.4 is 16.0 Å². The second-order valence-corrected chi connectivity index (χ2v) is 7.03. The standard InChI is InChI=1S/C18H20IN3O/c19-14-6-4-5-13(11-14)18(23)21-15-7-8-17(16(20)12-15)22-9-2-1-3-10-22/h4-8,11-12H,1-3,9-10,20H2,(H,21,23). The highest BCUT2D eigenvalue weighted by Gasteiger charge is 2.14. The van der Waals surface area contributed by atoms with Gasteiger partial charge in [0.25, 0.3) is 5.91 Å². The van der Waals surface area contributed by atoms with Crippen LogP contribution in [0.25, 0.3) is 0 Å². The van der Waals surface area contributed by atoms with Gasteiger partial charge < -0.3 is 16.0 Å². The van der Waals surface area contributed by atoms with Crippen molar-refractivity contribution in [3.63, 3.8) is 0 Å². The van der Waals surface area contributed by atoms with E-state index in [4.69, 9.17) is 5.73 Å². The number of anilines is 3. The van der Waals surface area contributed by atoms with E-state index in [2.05, 4.69) is 32.8 Å². The molecule has 2 aromatic carbocycles. The Kier molecular flexibility index (Phi) is 5.05. The molecule has 1 amide bonds. The first-order valence-corrected chi connectivity index (χ1v) is 8.93. The maximum absolute atomic E-state index is 12.3. The Morgan fingerprint density at radius 3 is 2.57 bits per heavy atom. The quantitative estimate of drug-likeness (QED) is 0.579. The summed E-state index contributed by atoms with van der Waals surface area (Å²) in [6, 6.07) is 13.3. The average molecular weight is 421 g/mol. The van der Waals surface area contributed by atoms with Crippen molar-refractivity contribution in [2.24, 2.45) is 0 Å². The molecule has 1 aliphatic heterocycles. The summed E-state index contributed by atoms with van der Waals surface area (Å²) >= 11 is 2.20. The fourth-order valence-electron chi connectivity index (χ4n) is 2.89. The molecule has 0 radical (unpaired) electrons. The molecule has 2 aromatic rings. The Hall–Kier alpha value is -1.76. The van der Waals surface area contributed by atoms with Crippen LogP contribution in [-0.2, 0) is 0 Å². The van der Waals surface area contributed by atoms with Gasteiger partial charge in [0.2, 0.25) is 0 Å². The van der Waals surface area contributed by atoms with E-state index in [9.17, 15) is 4.79 Å². The molecule has 5 heteroatoms. The molecule has 0 spiro atoms. The molecule has 23 heavy (non-hydrogen) atoms. The lowest BCUT2D eigenvalue weighted by molar-refractivity contribution is 0.102. The number of carbonyl (C=O) groups excluding carboxylic acids is 1. The first-order chi connectivity index (χ1) is 11.1. The highest BCUT2D eigenvalue weighted by Crippen LogP contribution is 2.29. The van der Waals surface area contributed by atoms with Gasteiger partial charge >= 0.3 is 0 Å². The minimum Gasteiger partial charge on any atom is -0.397 e. The maximum atomic E-state index is 12.3. The largest absolute Gasteiger partial charge is 0.397 e. The molecule has 0 bridgehead atoms. The van der Waals surface area contributed by atoms with E-state index in [1.54, 1.807) is 0 Å². The number of piperidine rings is 1. The van der Waals surface area contributed by atoms with Gasteiger partial charge in [0.05, 0.1) is 11.4 Å². The van der Waals surface area contributed by atoms with Crippen LogP contribution in [0.5, 0.6) is 0 Å². The zero-order chi connectivity index (χ0) is 16.2. The van der Waals surface area contributed by atoms with Crippen molar-refractivity contribution in [3.8, 4) is 0 Å². The lowest BCUT2D eigenvalue weighted by atomic mass is 10.1. The molecule has 1 saturated heterocycles. The minimum absolute atomic E-state index is 0.117. The van der Waals surface area contributed by atoms with Gasteiger partial charge in [-0.3, -0.25) is 4.79 Å². The molecule has 1 fully saturated rings. The minimum atomic E-state index is -0.117. The molecule has 0 unspecified atom stereocenters. The SMILES string of the molecule is Nc1cc(NC(=O)c2cccc(I)c2)ccc1N1CCCCC1. The predicted molar refractivity (Wildman–Crippen MR) is 104 cm³/mol. The molecule has 0 aromatic heterocycles. The van der Waals surface area contributed by atoms with Crippen molar-refractivity contribution < 1.29 is 4.79 Å². The smallest absolute Gasteiger partial charge is 0.255 e. The van der Waals surface area contributed by atoms with Crippen LogP contribution in [0.3, 0.4) is 0 Å². The van der Waals surface area contributed by atoms with E-state index >= 15 is 0 Å². The summed E-state index contributed by atoms with van der Waals surface area (Å²) in [5, 5.41) is 2.92. The molecular formula is C18H20IN3O. The Labute approximate surface area is 150 Å². The normalized spacial score (nSPS) is 14.6. The number of carbonyl (C=O) groups is 1. The molecular weight excluding hydrogens is 401 g/mol. The van der Waals surface area contributed by atoms with Crippen molar-refractivity contribution in [2.45, 2.75) is 19.3 Å². The van der Waals surface area contributed by atoms with Crippen LogP contribution in [0, 0.1) is 3.57 Å². The number of hydrogen-bond acceptors (Lipinski definition) is 3. The Bertz CT molecular complexity index is 711. The van der Waals surface area contributed by atoms with Gasteiger partial charge in [-0.1, -0.05) is 6.07 Å². The lowest BCUT2D eigenvalue weighted by Crippen LogP contribution is -2.30. The van der Waals surface area contributed by atoms with Gasteiger partial charge in [-0.15, -0.1) is 0 Å². The summed E-state index contributed by atoms with van der Waals surface area (Å²) in [6.07, 6.45) is 3.72. The Morgan fingerprint density at radius 2 is 1.87 bits per heavy atom. The number of benzene rings is 2. The molecule has 3 N–H and O–H groups in total. The van der Waals surface area contributed by atoms with Gasteiger partial charge in [0.1, 0.15) is 0 Å². The molecule has 1 aliphatic rings. The van der Waals surface area contributed by atoms with Crippen molar-refractivity contribution in [1.29, 1.82) is 0 Å². The molecule has 0 aliphatic carbocycles. The third-order valence-electron chi connectivity index (χ3n) is 4.07. The first-order valence-electron chi connectivity index (χ1n) is 7.85. The summed E-state index contributed by atoms with van der Waals surface area (Å²) in [4.78, 5) is 14.6. The fraction of sp³-hybridized carbons (Fsp3) is 0.278. The van der Waals surface area contributed by atoms with Crippen molar-refractivity contribution >= 4 is 45.6 Å². The monoisotopic (exact) mass is 421 g/mol. The molecule has 4 nitrogen and oxygen atoms in total. The van der Waals surface area contributed by atoms with Gasteiger partial charge in [0.15, 0.2) is 0 Å². The summed E-state index contributed by atoms with van der Waals surface area (Å²) in [7, 11) is 0. The van der Waals surface area contributed by atoms with Crippen LogP contribution in [0.1, 0.15) is 29.6 Å². The van der Waals surface area contributed by atoms with E-state index in [0.29, 0.717) is 11.3 Å². The number of hydrogen-bond donors (Lipinski definition) is 2. The first kappa shape index (κ1) is 16.1. The molecule has 3 rings (SSSR count). The molecule has 0 saturated carbocycles. The van der Waals surface area contributed by atoms with Crippen LogP contribution in [0.4, 0.5) is 17.1 Å². The lowest BCUT2D eigenvalue weighted by Gasteiger charge is -2.30. The topological polar surface area (TPSA) is 58.4 Å². The number of halogens is 1. The van der Waals surface area contributed by atoms with Crippen molar-refractivity contribution in [3.05, 3.63) is 51.6 Å².